The zero-order valence-electron chi connectivity index (χ0n) is 9.38. The first kappa shape index (κ1) is 12.4. The fourth-order valence-corrected chi connectivity index (χ4v) is 3.72. The minimum Gasteiger partial charge on any atom is -0.477 e. The molecule has 1 aromatic carbocycles. The number of nitrogens with zero attached hydrogens (tertiary/aromatic N) is 1. The van der Waals surface area contributed by atoms with Crippen LogP contribution in [0.2, 0.25) is 5.02 Å². The molecule has 0 fully saturated rings. The second-order valence-corrected chi connectivity index (χ2v) is 6.18. The number of aromatic carboxylic acids is 1. The Hall–Kier alpha value is -1.63. The first-order valence-corrected chi connectivity index (χ1v) is 7.30. The Kier molecular flexibility index (Phi) is 3.14. The molecule has 0 saturated heterocycles. The predicted molar refractivity (Wildman–Crippen MR) is 79.2 cm³/mol. The topological polar surface area (TPSA) is 62.2 Å². The smallest absolute Gasteiger partial charge is 0.345 e. The highest BCUT2D eigenvalue weighted by Crippen LogP contribution is 2.35. The Balaban J connectivity index is 1.92. The first-order chi connectivity index (χ1) is 9.13. The second-order valence-electron chi connectivity index (χ2n) is 3.71. The largest absolute Gasteiger partial charge is 0.477 e. The molecule has 0 aliphatic heterocycles. The molecule has 0 bridgehead atoms. The molecule has 0 aliphatic rings. The number of anilines is 2. The van der Waals surface area contributed by atoms with Crippen molar-refractivity contribution in [3.8, 4) is 0 Å². The van der Waals surface area contributed by atoms with E-state index in [4.69, 9.17) is 16.7 Å². The average Bonchev–Trinajstić information content (AvgIpc) is 2.90. The molecule has 4 nitrogen and oxygen atoms in total. The number of benzene rings is 1. The maximum atomic E-state index is 10.8. The summed E-state index contributed by atoms with van der Waals surface area (Å²) in [5.41, 5.74) is 0.782. The van der Waals surface area contributed by atoms with Gasteiger partial charge in [0.25, 0.3) is 0 Å². The van der Waals surface area contributed by atoms with Gasteiger partial charge in [-0.1, -0.05) is 35.1 Å². The molecule has 19 heavy (non-hydrogen) atoms. The molecule has 0 aliphatic carbocycles. The molecule has 0 spiro atoms. The Morgan fingerprint density at radius 3 is 2.79 bits per heavy atom. The van der Waals surface area contributed by atoms with Crippen molar-refractivity contribution in [3.05, 3.63) is 40.2 Å². The van der Waals surface area contributed by atoms with Crippen LogP contribution >= 0.6 is 34.3 Å². The zero-order chi connectivity index (χ0) is 13.4. The highest BCUT2D eigenvalue weighted by Gasteiger charge is 2.13. The Morgan fingerprint density at radius 1 is 1.32 bits per heavy atom. The van der Waals surface area contributed by atoms with E-state index in [-0.39, 0.29) is 0 Å². The molecular formula is C12H7ClN2O2S2. The van der Waals surface area contributed by atoms with Gasteiger partial charge >= 0.3 is 5.97 Å². The van der Waals surface area contributed by atoms with E-state index in [1.807, 2.05) is 18.2 Å². The zero-order valence-corrected chi connectivity index (χ0v) is 11.8. The van der Waals surface area contributed by atoms with E-state index in [0.717, 1.165) is 15.2 Å². The van der Waals surface area contributed by atoms with Crippen molar-refractivity contribution < 1.29 is 9.90 Å². The predicted octanol–water partition coefficient (Wildman–Crippen LogP) is 4.45. The number of aromatic nitrogens is 1. The van der Waals surface area contributed by atoms with Gasteiger partial charge in [0.05, 0.1) is 15.4 Å². The highest BCUT2D eigenvalue weighted by molar-refractivity contribution is 7.29. The molecule has 0 radical (unpaired) electrons. The SMILES string of the molecule is O=C(O)c1cc2sc(Nc3ccccc3Cl)nc2s1. The molecule has 7 heteroatoms. The van der Waals surface area contributed by atoms with Gasteiger partial charge in [0.15, 0.2) is 5.13 Å². The molecule has 3 rings (SSSR count). The van der Waals surface area contributed by atoms with Crippen molar-refractivity contribution >= 4 is 60.6 Å². The van der Waals surface area contributed by atoms with Crippen LogP contribution in [-0.4, -0.2) is 16.1 Å². The van der Waals surface area contributed by atoms with E-state index in [9.17, 15) is 4.79 Å². The number of carbonyl (C=O) groups is 1. The summed E-state index contributed by atoms with van der Waals surface area (Å²) in [4.78, 5) is 16.2. The van der Waals surface area contributed by atoms with Crippen molar-refractivity contribution in [1.29, 1.82) is 0 Å². The molecule has 2 aromatic heterocycles. The third-order valence-corrected chi connectivity index (χ3v) is 4.81. The summed E-state index contributed by atoms with van der Waals surface area (Å²) in [5, 5.41) is 13.3. The third kappa shape index (κ3) is 2.42. The van der Waals surface area contributed by atoms with Crippen molar-refractivity contribution in [2.24, 2.45) is 0 Å². The van der Waals surface area contributed by atoms with Gasteiger partial charge in [-0.3, -0.25) is 0 Å². The number of carboxylic acids is 1. The van der Waals surface area contributed by atoms with Crippen LogP contribution < -0.4 is 5.32 Å². The number of nitrogens with one attached hydrogen (secondary N) is 1. The van der Waals surface area contributed by atoms with Crippen LogP contribution in [0.25, 0.3) is 9.53 Å². The number of fused-ring (bicyclic) bond motifs is 1. The van der Waals surface area contributed by atoms with Crippen LogP contribution in [0.15, 0.2) is 30.3 Å². The van der Waals surface area contributed by atoms with Crippen molar-refractivity contribution in [2.45, 2.75) is 0 Å². The maximum Gasteiger partial charge on any atom is 0.345 e. The lowest BCUT2D eigenvalue weighted by atomic mass is 10.3. The van der Waals surface area contributed by atoms with Gasteiger partial charge in [0, 0.05) is 0 Å². The summed E-state index contributed by atoms with van der Waals surface area (Å²) >= 11 is 8.63. The number of rotatable bonds is 3. The third-order valence-electron chi connectivity index (χ3n) is 2.42. The van der Waals surface area contributed by atoms with Gasteiger partial charge < -0.3 is 10.4 Å². The fraction of sp³-hybridized carbons (Fsp3) is 0. The number of carboxylic acid groups (broad SMARTS) is 1. The Morgan fingerprint density at radius 2 is 2.11 bits per heavy atom. The minimum absolute atomic E-state index is 0.304. The van der Waals surface area contributed by atoms with Crippen molar-refractivity contribution in [1.82, 2.24) is 4.98 Å². The number of hydrogen-bond donors (Lipinski definition) is 2. The standard InChI is InChI=1S/C12H7ClN2O2S2/c13-6-3-1-2-4-7(6)14-12-15-10-8(19-12)5-9(18-10)11(16)17/h1-5H,(H,14,15)(H,16,17). The van der Waals surface area contributed by atoms with E-state index >= 15 is 0 Å². The van der Waals surface area contributed by atoms with Crippen LogP contribution in [-0.2, 0) is 0 Å². The number of thiazole rings is 1. The van der Waals surface area contributed by atoms with E-state index in [0.29, 0.717) is 15.0 Å². The normalized spacial score (nSPS) is 10.8. The van der Waals surface area contributed by atoms with Crippen LogP contribution in [0.4, 0.5) is 10.8 Å². The van der Waals surface area contributed by atoms with Crippen LogP contribution in [0, 0.1) is 0 Å². The van der Waals surface area contributed by atoms with Crippen molar-refractivity contribution in [3.63, 3.8) is 0 Å². The van der Waals surface area contributed by atoms with E-state index in [2.05, 4.69) is 10.3 Å². The number of hydrogen-bond acceptors (Lipinski definition) is 5. The molecule has 0 unspecified atom stereocenters. The molecule has 0 saturated carbocycles. The molecule has 0 atom stereocenters. The van der Waals surface area contributed by atoms with Gasteiger partial charge in [0.1, 0.15) is 9.71 Å². The molecule has 3 aromatic rings. The van der Waals surface area contributed by atoms with Crippen LogP contribution in [0.3, 0.4) is 0 Å². The quantitative estimate of drug-likeness (QED) is 0.750. The lowest BCUT2D eigenvalue weighted by Gasteiger charge is -2.03. The van der Waals surface area contributed by atoms with Crippen LogP contribution in [0.1, 0.15) is 9.67 Å². The van der Waals surface area contributed by atoms with E-state index in [1.54, 1.807) is 12.1 Å². The number of halogens is 1. The fourth-order valence-electron chi connectivity index (χ4n) is 1.57. The summed E-state index contributed by atoms with van der Waals surface area (Å²) in [5.74, 6) is -0.921. The summed E-state index contributed by atoms with van der Waals surface area (Å²) in [6, 6.07) is 9.03. The molecule has 96 valence electrons. The summed E-state index contributed by atoms with van der Waals surface area (Å²) in [6.07, 6.45) is 0. The highest BCUT2D eigenvalue weighted by atomic mass is 35.5. The van der Waals surface area contributed by atoms with Gasteiger partial charge in [-0.15, -0.1) is 11.3 Å². The maximum absolute atomic E-state index is 10.8. The monoisotopic (exact) mass is 310 g/mol. The molecular weight excluding hydrogens is 304 g/mol. The summed E-state index contributed by atoms with van der Waals surface area (Å²) in [6.45, 7) is 0. The number of thiophene rings is 1. The molecule has 0 amide bonds. The average molecular weight is 311 g/mol. The minimum atomic E-state index is -0.921. The lowest BCUT2D eigenvalue weighted by molar-refractivity contribution is 0.0702. The summed E-state index contributed by atoms with van der Waals surface area (Å²) < 4.78 is 0.858. The Bertz CT molecular complexity index is 735. The number of para-hydroxylation sites is 1. The van der Waals surface area contributed by atoms with E-state index < -0.39 is 5.97 Å². The molecule has 2 N–H and O–H groups in total. The van der Waals surface area contributed by atoms with Crippen molar-refractivity contribution in [2.75, 3.05) is 5.32 Å². The summed E-state index contributed by atoms with van der Waals surface area (Å²) in [7, 11) is 0. The van der Waals surface area contributed by atoms with Gasteiger partial charge in [-0.25, -0.2) is 9.78 Å². The Labute approximate surface area is 121 Å². The van der Waals surface area contributed by atoms with Gasteiger partial charge in [-0.05, 0) is 18.2 Å². The first-order valence-electron chi connectivity index (χ1n) is 5.29. The van der Waals surface area contributed by atoms with Gasteiger partial charge in [0.2, 0.25) is 0 Å². The second kappa shape index (κ2) is 4.80. The molecule has 2 heterocycles. The van der Waals surface area contributed by atoms with Crippen LogP contribution in [0.5, 0.6) is 0 Å². The van der Waals surface area contributed by atoms with Gasteiger partial charge in [-0.2, -0.15) is 0 Å². The van der Waals surface area contributed by atoms with E-state index in [1.165, 1.54) is 22.7 Å². The lowest BCUT2D eigenvalue weighted by Crippen LogP contribution is -1.90.